The van der Waals surface area contributed by atoms with Crippen molar-refractivity contribution in [3.8, 4) is 0 Å². The maximum absolute atomic E-state index is 12.1. The molecule has 0 radical (unpaired) electrons. The van der Waals surface area contributed by atoms with E-state index in [0.29, 0.717) is 17.8 Å². The van der Waals surface area contributed by atoms with Crippen LogP contribution in [0.15, 0.2) is 30.3 Å². The summed E-state index contributed by atoms with van der Waals surface area (Å²) in [6.45, 7) is 5.49. The average Bonchev–Trinajstić information content (AvgIpc) is 2.68. The van der Waals surface area contributed by atoms with Gasteiger partial charge < -0.3 is 15.2 Å². The summed E-state index contributed by atoms with van der Waals surface area (Å²) in [6.07, 6.45) is 0.348. The molecule has 2 aromatic rings. The van der Waals surface area contributed by atoms with E-state index in [1.807, 2.05) is 27.0 Å². The Morgan fingerprint density at radius 1 is 1.05 bits per heavy atom. The number of carbonyl (C=O) groups is 2. The van der Waals surface area contributed by atoms with Crippen molar-refractivity contribution >= 4 is 23.2 Å². The summed E-state index contributed by atoms with van der Waals surface area (Å²) in [5, 5.41) is 5.55. The first-order chi connectivity index (χ1) is 10.4. The molecule has 0 spiro atoms. The minimum Gasteiger partial charge on any atom is -0.352 e. The van der Waals surface area contributed by atoms with Crippen LogP contribution in [0.5, 0.6) is 0 Å². The maximum atomic E-state index is 12.1. The zero-order valence-electron chi connectivity index (χ0n) is 13.4. The first-order valence-electron chi connectivity index (χ1n) is 7.16. The molecule has 5 heteroatoms. The quantitative estimate of drug-likeness (QED) is 0.912. The number of nitrogens with zero attached hydrogens (tertiary/aromatic N) is 1. The van der Waals surface area contributed by atoms with Crippen LogP contribution in [0, 0.1) is 13.8 Å². The van der Waals surface area contributed by atoms with Gasteiger partial charge in [-0.05, 0) is 49.7 Å². The summed E-state index contributed by atoms with van der Waals surface area (Å²) < 4.78 is 2.07. The number of benzene rings is 1. The largest absolute Gasteiger partial charge is 0.352 e. The average molecular weight is 299 g/mol. The Bertz CT molecular complexity index is 699. The number of aromatic nitrogens is 1. The number of nitrogens with one attached hydrogen (secondary N) is 2. The molecule has 0 aliphatic rings. The van der Waals surface area contributed by atoms with Gasteiger partial charge in [0.15, 0.2) is 0 Å². The Hall–Kier alpha value is -2.56. The number of anilines is 2. The molecular weight excluding hydrogens is 278 g/mol. The molecule has 1 heterocycles. The smallest absolute Gasteiger partial charge is 0.228 e. The molecule has 5 nitrogen and oxygen atoms in total. The Morgan fingerprint density at radius 3 is 2.05 bits per heavy atom. The summed E-state index contributed by atoms with van der Waals surface area (Å²) in [6, 6.07) is 9.09. The molecule has 2 amide bonds. The van der Waals surface area contributed by atoms with E-state index in [0.717, 1.165) is 17.0 Å². The highest BCUT2D eigenvalue weighted by Crippen LogP contribution is 2.16. The molecule has 0 unspecified atom stereocenters. The Kier molecular flexibility index (Phi) is 4.65. The summed E-state index contributed by atoms with van der Waals surface area (Å²) in [7, 11) is 1.99. The van der Waals surface area contributed by atoms with E-state index in [4.69, 9.17) is 0 Å². The van der Waals surface area contributed by atoms with Crippen LogP contribution in [0.2, 0.25) is 0 Å². The van der Waals surface area contributed by atoms with Crippen molar-refractivity contribution in [2.24, 2.45) is 7.05 Å². The molecule has 0 fully saturated rings. The molecule has 1 aromatic carbocycles. The number of hydrogen-bond acceptors (Lipinski definition) is 2. The topological polar surface area (TPSA) is 63.1 Å². The van der Waals surface area contributed by atoms with E-state index >= 15 is 0 Å². The number of amides is 2. The monoisotopic (exact) mass is 299 g/mol. The van der Waals surface area contributed by atoms with Gasteiger partial charge in [-0.15, -0.1) is 0 Å². The minimum absolute atomic E-state index is 0.0547. The standard InChI is InChI=1S/C17H21N3O2/c1-11-9-14(12(2)20(11)4)10-17(22)19-16-7-5-15(6-8-16)18-13(3)21/h5-9H,10H2,1-4H3,(H,18,21)(H,19,22). The zero-order valence-corrected chi connectivity index (χ0v) is 13.4. The van der Waals surface area contributed by atoms with Gasteiger partial charge in [-0.2, -0.15) is 0 Å². The van der Waals surface area contributed by atoms with E-state index in [2.05, 4.69) is 15.2 Å². The lowest BCUT2D eigenvalue weighted by atomic mass is 10.1. The molecule has 0 aliphatic heterocycles. The predicted octanol–water partition coefficient (Wildman–Crippen LogP) is 2.78. The van der Waals surface area contributed by atoms with Crippen molar-refractivity contribution in [1.82, 2.24) is 4.57 Å². The summed E-state index contributed by atoms with van der Waals surface area (Å²) in [5.41, 5.74) is 4.70. The second-order valence-corrected chi connectivity index (χ2v) is 5.44. The van der Waals surface area contributed by atoms with Gasteiger partial charge in [0.2, 0.25) is 11.8 Å². The van der Waals surface area contributed by atoms with E-state index in [1.165, 1.54) is 6.92 Å². The molecule has 0 saturated carbocycles. The third-order valence-electron chi connectivity index (χ3n) is 3.72. The third-order valence-corrected chi connectivity index (χ3v) is 3.72. The fraction of sp³-hybridized carbons (Fsp3) is 0.294. The molecule has 22 heavy (non-hydrogen) atoms. The second-order valence-electron chi connectivity index (χ2n) is 5.44. The number of rotatable bonds is 4. The molecule has 0 bridgehead atoms. The van der Waals surface area contributed by atoms with Crippen LogP contribution in [-0.2, 0) is 23.1 Å². The molecule has 2 rings (SSSR count). The summed E-state index contributed by atoms with van der Waals surface area (Å²) in [4.78, 5) is 23.1. The van der Waals surface area contributed by atoms with E-state index in [9.17, 15) is 9.59 Å². The second kappa shape index (κ2) is 6.47. The number of hydrogen-bond donors (Lipinski definition) is 2. The number of aryl methyl sites for hydroxylation is 1. The predicted molar refractivity (Wildman–Crippen MR) is 88.0 cm³/mol. The van der Waals surface area contributed by atoms with E-state index < -0.39 is 0 Å². The lowest BCUT2D eigenvalue weighted by Gasteiger charge is -2.07. The van der Waals surface area contributed by atoms with Crippen LogP contribution in [0.25, 0.3) is 0 Å². The Labute approximate surface area is 130 Å². The van der Waals surface area contributed by atoms with Crippen molar-refractivity contribution in [2.45, 2.75) is 27.2 Å². The molecule has 0 saturated heterocycles. The summed E-state index contributed by atoms with van der Waals surface area (Å²) in [5.74, 6) is -0.173. The van der Waals surface area contributed by atoms with Gasteiger partial charge in [0, 0.05) is 36.7 Å². The fourth-order valence-corrected chi connectivity index (χ4v) is 2.33. The molecule has 116 valence electrons. The SMILES string of the molecule is CC(=O)Nc1ccc(NC(=O)Cc2cc(C)n(C)c2C)cc1. The lowest BCUT2D eigenvalue weighted by molar-refractivity contribution is -0.116. The molecule has 1 aromatic heterocycles. The van der Waals surface area contributed by atoms with Crippen molar-refractivity contribution in [2.75, 3.05) is 10.6 Å². The zero-order chi connectivity index (χ0) is 16.3. The molecular formula is C17H21N3O2. The van der Waals surface area contributed by atoms with Crippen LogP contribution in [0.1, 0.15) is 23.9 Å². The fourth-order valence-electron chi connectivity index (χ4n) is 2.33. The van der Waals surface area contributed by atoms with E-state index in [1.54, 1.807) is 24.3 Å². The highest BCUT2D eigenvalue weighted by Gasteiger charge is 2.10. The van der Waals surface area contributed by atoms with Crippen LogP contribution < -0.4 is 10.6 Å². The third kappa shape index (κ3) is 3.75. The van der Waals surface area contributed by atoms with Crippen LogP contribution in [0.4, 0.5) is 11.4 Å². The van der Waals surface area contributed by atoms with Gasteiger partial charge >= 0.3 is 0 Å². The Morgan fingerprint density at radius 2 is 1.59 bits per heavy atom. The van der Waals surface area contributed by atoms with Crippen LogP contribution >= 0.6 is 0 Å². The first kappa shape index (κ1) is 15.8. The number of carbonyl (C=O) groups excluding carboxylic acids is 2. The van der Waals surface area contributed by atoms with Gasteiger partial charge in [0.25, 0.3) is 0 Å². The molecule has 2 N–H and O–H groups in total. The first-order valence-corrected chi connectivity index (χ1v) is 7.16. The molecule has 0 aliphatic carbocycles. The normalized spacial score (nSPS) is 10.4. The van der Waals surface area contributed by atoms with Gasteiger partial charge in [0.05, 0.1) is 6.42 Å². The van der Waals surface area contributed by atoms with Crippen molar-refractivity contribution in [3.63, 3.8) is 0 Å². The van der Waals surface area contributed by atoms with Crippen LogP contribution in [0.3, 0.4) is 0 Å². The minimum atomic E-state index is -0.119. The van der Waals surface area contributed by atoms with Gasteiger partial charge in [-0.1, -0.05) is 0 Å². The van der Waals surface area contributed by atoms with E-state index in [-0.39, 0.29) is 11.8 Å². The van der Waals surface area contributed by atoms with Gasteiger partial charge in [-0.3, -0.25) is 9.59 Å². The summed E-state index contributed by atoms with van der Waals surface area (Å²) >= 11 is 0. The highest BCUT2D eigenvalue weighted by molar-refractivity contribution is 5.93. The molecule has 0 atom stereocenters. The van der Waals surface area contributed by atoms with Crippen LogP contribution in [-0.4, -0.2) is 16.4 Å². The van der Waals surface area contributed by atoms with Gasteiger partial charge in [0.1, 0.15) is 0 Å². The Balaban J connectivity index is 1.99. The maximum Gasteiger partial charge on any atom is 0.228 e. The highest BCUT2D eigenvalue weighted by atomic mass is 16.2. The lowest BCUT2D eigenvalue weighted by Crippen LogP contribution is -2.15. The van der Waals surface area contributed by atoms with Crippen molar-refractivity contribution < 1.29 is 9.59 Å². The van der Waals surface area contributed by atoms with Gasteiger partial charge in [-0.25, -0.2) is 0 Å². The van der Waals surface area contributed by atoms with Crippen molar-refractivity contribution in [1.29, 1.82) is 0 Å². The van der Waals surface area contributed by atoms with Crippen molar-refractivity contribution in [3.05, 3.63) is 47.3 Å².